The first kappa shape index (κ1) is 25.9. The van der Waals surface area contributed by atoms with Gasteiger partial charge >= 0.3 is 0 Å². The summed E-state index contributed by atoms with van der Waals surface area (Å²) in [5.41, 5.74) is 0. The smallest absolute Gasteiger partial charge is 0.244 e. The maximum Gasteiger partial charge on any atom is 0.244 e. The van der Waals surface area contributed by atoms with Crippen molar-refractivity contribution in [1.29, 1.82) is 0 Å². The van der Waals surface area contributed by atoms with Crippen molar-refractivity contribution in [3.05, 3.63) is 46.4 Å². The Kier molecular flexibility index (Phi) is 8.00. The predicted octanol–water partition coefficient (Wildman–Crippen LogP) is 4.23. The van der Waals surface area contributed by atoms with Crippen molar-refractivity contribution in [2.45, 2.75) is 42.7 Å². The van der Waals surface area contributed by atoms with Crippen LogP contribution in [0.5, 0.6) is 17.2 Å². The molecule has 0 aliphatic carbocycles. The first-order valence-corrected chi connectivity index (χ1v) is 13.6. The third kappa shape index (κ3) is 5.48. The van der Waals surface area contributed by atoms with Gasteiger partial charge in [0.25, 0.3) is 0 Å². The maximum absolute atomic E-state index is 13.6. The molecule has 2 aromatic carbocycles. The lowest BCUT2D eigenvalue weighted by molar-refractivity contribution is -0.135. The van der Waals surface area contributed by atoms with Crippen LogP contribution in [0.3, 0.4) is 0 Å². The van der Waals surface area contributed by atoms with Crippen LogP contribution < -0.4 is 14.2 Å². The van der Waals surface area contributed by atoms with Crippen molar-refractivity contribution in [2.24, 2.45) is 0 Å². The molecular weight excluding hydrogens is 515 g/mol. The highest BCUT2D eigenvalue weighted by Gasteiger charge is 2.46. The number of carbonyl (C=O) groups is 1. The van der Waals surface area contributed by atoms with Crippen molar-refractivity contribution in [1.82, 2.24) is 9.21 Å². The maximum atomic E-state index is 13.6. The SMILES string of the molecule is COc1ccc(OCCN2CCC3CCCC(C2=O)N3S(=O)(=O)c2cc(Cl)cc(Cl)c2)cc1OC. The lowest BCUT2D eigenvalue weighted by Gasteiger charge is -2.38. The summed E-state index contributed by atoms with van der Waals surface area (Å²) in [6.45, 7) is 1.06. The van der Waals surface area contributed by atoms with E-state index in [1.807, 2.05) is 0 Å². The summed E-state index contributed by atoms with van der Waals surface area (Å²) >= 11 is 12.1. The minimum atomic E-state index is -3.96. The summed E-state index contributed by atoms with van der Waals surface area (Å²) in [5.74, 6) is 1.52. The Balaban J connectivity index is 1.50. The number of methoxy groups -OCH3 is 2. The molecule has 2 atom stereocenters. The fourth-order valence-electron chi connectivity index (χ4n) is 4.75. The number of fused-ring (bicyclic) bond motifs is 2. The van der Waals surface area contributed by atoms with Gasteiger partial charge in [-0.1, -0.05) is 23.2 Å². The summed E-state index contributed by atoms with van der Waals surface area (Å²) in [4.78, 5) is 15.2. The van der Waals surface area contributed by atoms with Gasteiger partial charge < -0.3 is 19.1 Å². The van der Waals surface area contributed by atoms with E-state index < -0.39 is 16.1 Å². The number of piperidine rings is 1. The van der Waals surface area contributed by atoms with Crippen LogP contribution in [0.25, 0.3) is 0 Å². The van der Waals surface area contributed by atoms with Crippen molar-refractivity contribution in [2.75, 3.05) is 33.9 Å². The number of halogens is 2. The summed E-state index contributed by atoms with van der Waals surface area (Å²) in [5, 5.41) is 0.465. The van der Waals surface area contributed by atoms with Crippen LogP contribution in [0, 0.1) is 0 Å². The lowest BCUT2D eigenvalue weighted by Crippen LogP contribution is -2.53. The molecule has 2 heterocycles. The van der Waals surface area contributed by atoms with E-state index in [9.17, 15) is 13.2 Å². The molecule has 0 saturated carbocycles. The molecule has 0 aromatic heterocycles. The Morgan fingerprint density at radius 3 is 2.37 bits per heavy atom. The van der Waals surface area contributed by atoms with Gasteiger partial charge in [-0.25, -0.2) is 8.42 Å². The van der Waals surface area contributed by atoms with Gasteiger partial charge in [-0.05, 0) is 56.0 Å². The van der Waals surface area contributed by atoms with Crippen molar-refractivity contribution >= 4 is 39.1 Å². The molecule has 4 rings (SSSR count). The summed E-state index contributed by atoms with van der Waals surface area (Å²) < 4.78 is 45.0. The third-order valence-corrected chi connectivity index (χ3v) is 8.78. The zero-order valence-electron chi connectivity index (χ0n) is 19.6. The van der Waals surface area contributed by atoms with Crippen molar-refractivity contribution < 1.29 is 27.4 Å². The van der Waals surface area contributed by atoms with Gasteiger partial charge in [0, 0.05) is 28.7 Å². The zero-order valence-corrected chi connectivity index (χ0v) is 21.9. The summed E-state index contributed by atoms with van der Waals surface area (Å²) in [6.07, 6.45) is 2.51. The second kappa shape index (κ2) is 10.8. The molecule has 1 amide bonds. The van der Waals surface area contributed by atoms with Crippen LogP contribution in [-0.2, 0) is 14.8 Å². The Morgan fingerprint density at radius 1 is 0.971 bits per heavy atom. The Labute approximate surface area is 215 Å². The van der Waals surface area contributed by atoms with E-state index in [4.69, 9.17) is 37.4 Å². The highest BCUT2D eigenvalue weighted by molar-refractivity contribution is 7.89. The Morgan fingerprint density at radius 2 is 1.69 bits per heavy atom. The highest BCUT2D eigenvalue weighted by Crippen LogP contribution is 2.36. The van der Waals surface area contributed by atoms with Crippen molar-refractivity contribution in [3.8, 4) is 17.2 Å². The standard InChI is InChI=1S/C24H28Cl2N2O6S/c1-32-22-7-6-19(15-23(22)33-2)34-11-10-27-9-8-18-4-3-5-21(24(27)29)28(18)35(30,31)20-13-16(25)12-17(26)14-20/h6-7,12-15,18,21H,3-5,8-11H2,1-2H3. The first-order chi connectivity index (χ1) is 16.7. The fourth-order valence-corrected chi connectivity index (χ4v) is 7.34. The van der Waals surface area contributed by atoms with E-state index in [0.29, 0.717) is 49.6 Å². The average molecular weight is 543 g/mol. The molecule has 0 radical (unpaired) electrons. The Bertz CT molecular complexity index is 1170. The normalized spacial score (nSPS) is 20.9. The zero-order chi connectivity index (χ0) is 25.2. The van der Waals surface area contributed by atoms with E-state index in [2.05, 4.69) is 0 Å². The van der Waals surface area contributed by atoms with Gasteiger partial charge in [-0.2, -0.15) is 4.31 Å². The molecular formula is C24H28Cl2N2O6S. The van der Waals surface area contributed by atoms with Gasteiger partial charge in [-0.15, -0.1) is 0 Å². The van der Waals surface area contributed by atoms with Crippen LogP contribution in [-0.4, -0.2) is 69.5 Å². The lowest BCUT2D eigenvalue weighted by atomic mass is 9.97. The van der Waals surface area contributed by atoms with Crippen LogP contribution >= 0.6 is 23.2 Å². The molecule has 0 N–H and O–H groups in total. The number of sulfonamides is 1. The second-order valence-electron chi connectivity index (χ2n) is 8.52. The Hall–Kier alpha value is -2.20. The number of nitrogens with zero attached hydrogens (tertiary/aromatic N) is 2. The monoisotopic (exact) mass is 542 g/mol. The minimum Gasteiger partial charge on any atom is -0.493 e. The second-order valence-corrected chi connectivity index (χ2v) is 11.2. The summed E-state index contributed by atoms with van der Waals surface area (Å²) in [6, 6.07) is 8.45. The number of benzene rings is 2. The number of hydrogen-bond donors (Lipinski definition) is 0. The number of amides is 1. The van der Waals surface area contributed by atoms with E-state index in [-0.39, 0.29) is 33.5 Å². The van der Waals surface area contributed by atoms with E-state index >= 15 is 0 Å². The van der Waals surface area contributed by atoms with Gasteiger partial charge in [0.15, 0.2) is 11.5 Å². The molecule has 2 aliphatic heterocycles. The van der Waals surface area contributed by atoms with Crippen molar-refractivity contribution in [3.63, 3.8) is 0 Å². The van der Waals surface area contributed by atoms with E-state index in [1.165, 1.54) is 22.5 Å². The van der Waals surface area contributed by atoms with Crippen LogP contribution in [0.1, 0.15) is 25.7 Å². The minimum absolute atomic E-state index is 0.00457. The third-order valence-electron chi connectivity index (χ3n) is 6.41. The molecule has 2 unspecified atom stereocenters. The number of hydrogen-bond acceptors (Lipinski definition) is 6. The van der Waals surface area contributed by atoms with Gasteiger partial charge in [-0.3, -0.25) is 4.79 Å². The summed E-state index contributed by atoms with van der Waals surface area (Å²) in [7, 11) is -0.856. The largest absolute Gasteiger partial charge is 0.493 e. The van der Waals surface area contributed by atoms with Gasteiger partial charge in [0.2, 0.25) is 15.9 Å². The first-order valence-electron chi connectivity index (χ1n) is 11.4. The predicted molar refractivity (Wildman–Crippen MR) is 133 cm³/mol. The molecule has 11 heteroatoms. The number of carbonyl (C=O) groups excluding carboxylic acids is 1. The molecule has 2 bridgehead atoms. The van der Waals surface area contributed by atoms with Crippen LogP contribution in [0.2, 0.25) is 10.0 Å². The molecule has 2 fully saturated rings. The average Bonchev–Trinajstić information content (AvgIpc) is 2.91. The highest BCUT2D eigenvalue weighted by atomic mass is 35.5. The quantitative estimate of drug-likeness (QED) is 0.496. The topological polar surface area (TPSA) is 85.4 Å². The van der Waals surface area contributed by atoms with Gasteiger partial charge in [0.1, 0.15) is 18.4 Å². The van der Waals surface area contributed by atoms with Gasteiger partial charge in [0.05, 0.1) is 25.7 Å². The molecule has 0 spiro atoms. The number of ether oxygens (including phenoxy) is 3. The number of rotatable bonds is 8. The fraction of sp³-hybridized carbons (Fsp3) is 0.458. The van der Waals surface area contributed by atoms with Crippen LogP contribution in [0.15, 0.2) is 41.3 Å². The molecule has 2 aliphatic rings. The van der Waals surface area contributed by atoms with E-state index in [1.54, 1.807) is 37.3 Å². The molecule has 2 aromatic rings. The van der Waals surface area contributed by atoms with E-state index in [0.717, 1.165) is 6.42 Å². The molecule has 2 saturated heterocycles. The van der Waals surface area contributed by atoms with Crippen LogP contribution in [0.4, 0.5) is 0 Å². The molecule has 8 nitrogen and oxygen atoms in total. The molecule has 35 heavy (non-hydrogen) atoms. The molecule has 190 valence electrons.